The second-order valence-electron chi connectivity index (χ2n) is 5.97. The highest BCUT2D eigenvalue weighted by Crippen LogP contribution is 2.68. The van der Waals surface area contributed by atoms with Crippen LogP contribution in [0.25, 0.3) is 0 Å². The lowest BCUT2D eigenvalue weighted by Crippen LogP contribution is -2.57. The molecule has 0 aromatic carbocycles. The second-order valence-corrected chi connectivity index (χ2v) is 5.97. The Labute approximate surface area is 86.3 Å². The van der Waals surface area contributed by atoms with Gasteiger partial charge < -0.3 is 0 Å². The summed E-state index contributed by atoms with van der Waals surface area (Å²) in [6.07, 6.45) is 6.38. The number of carbonyl (C=O) groups excluding carboxylic acids is 1. The van der Waals surface area contributed by atoms with Crippen LogP contribution in [0.3, 0.4) is 0 Å². The van der Waals surface area contributed by atoms with E-state index in [1.807, 2.05) is 0 Å². The minimum atomic E-state index is 0.405. The fraction of sp³-hybridized carbons (Fsp3) is 0.923. The molecule has 0 heterocycles. The first-order chi connectivity index (χ1) is 6.65. The minimum absolute atomic E-state index is 0.405. The zero-order chi connectivity index (χ0) is 9.92. The van der Waals surface area contributed by atoms with Crippen molar-refractivity contribution in [2.75, 3.05) is 0 Å². The topological polar surface area (TPSA) is 17.1 Å². The maximum Gasteiger partial charge on any atom is 0.137 e. The molecule has 0 N–H and O–H groups in total. The van der Waals surface area contributed by atoms with Crippen LogP contribution in [0.4, 0.5) is 0 Å². The van der Waals surface area contributed by atoms with E-state index in [9.17, 15) is 4.79 Å². The van der Waals surface area contributed by atoms with E-state index >= 15 is 0 Å². The van der Waals surface area contributed by atoms with E-state index in [0.717, 1.165) is 18.3 Å². The van der Waals surface area contributed by atoms with Gasteiger partial charge in [-0.3, -0.25) is 4.79 Å². The van der Waals surface area contributed by atoms with Crippen molar-refractivity contribution in [3.8, 4) is 0 Å². The third kappa shape index (κ3) is 0.803. The van der Waals surface area contributed by atoms with Crippen LogP contribution in [-0.4, -0.2) is 5.78 Å². The largest absolute Gasteiger partial charge is 0.299 e. The van der Waals surface area contributed by atoms with Crippen LogP contribution in [0.1, 0.15) is 46.0 Å². The summed E-state index contributed by atoms with van der Waals surface area (Å²) < 4.78 is 0. The number of carbonyl (C=O) groups is 1. The number of rotatable bonds is 0. The van der Waals surface area contributed by atoms with E-state index in [4.69, 9.17) is 0 Å². The maximum absolute atomic E-state index is 11.9. The van der Waals surface area contributed by atoms with Gasteiger partial charge in [-0.1, -0.05) is 26.7 Å². The molecule has 3 saturated carbocycles. The molecule has 1 heteroatoms. The predicted octanol–water partition coefficient (Wildman–Crippen LogP) is 3.04. The van der Waals surface area contributed by atoms with Gasteiger partial charge >= 0.3 is 0 Å². The summed E-state index contributed by atoms with van der Waals surface area (Å²) in [5.74, 6) is 3.37. The van der Waals surface area contributed by atoms with Crippen molar-refractivity contribution in [2.45, 2.75) is 46.0 Å². The molecule has 0 aliphatic heterocycles. The summed E-state index contributed by atoms with van der Waals surface area (Å²) in [6.45, 7) is 4.68. The van der Waals surface area contributed by atoms with Crippen LogP contribution in [0.15, 0.2) is 0 Å². The van der Waals surface area contributed by atoms with Crippen LogP contribution in [-0.2, 0) is 4.79 Å². The SMILES string of the molecule is CC1CC(=O)C2C3CCCCC3C12C. The maximum atomic E-state index is 11.9. The normalized spacial score (nSPS) is 56.3. The Hall–Kier alpha value is -0.330. The molecule has 0 radical (unpaired) electrons. The van der Waals surface area contributed by atoms with Crippen molar-refractivity contribution in [1.29, 1.82) is 0 Å². The molecule has 3 fully saturated rings. The van der Waals surface area contributed by atoms with Crippen LogP contribution >= 0.6 is 0 Å². The van der Waals surface area contributed by atoms with Crippen LogP contribution in [0.5, 0.6) is 0 Å². The lowest BCUT2D eigenvalue weighted by Gasteiger charge is -2.60. The zero-order valence-electron chi connectivity index (χ0n) is 9.25. The first kappa shape index (κ1) is 8.94. The Morgan fingerprint density at radius 1 is 1.29 bits per heavy atom. The molecule has 0 aromatic heterocycles. The van der Waals surface area contributed by atoms with Gasteiger partial charge in [-0.25, -0.2) is 0 Å². The van der Waals surface area contributed by atoms with E-state index in [2.05, 4.69) is 13.8 Å². The van der Waals surface area contributed by atoms with Crippen molar-refractivity contribution in [3.63, 3.8) is 0 Å². The third-order valence-corrected chi connectivity index (χ3v) is 5.63. The van der Waals surface area contributed by atoms with Crippen LogP contribution in [0.2, 0.25) is 0 Å². The Kier molecular flexibility index (Phi) is 1.67. The first-order valence-electron chi connectivity index (χ1n) is 6.18. The van der Waals surface area contributed by atoms with Gasteiger partial charge in [0.25, 0.3) is 0 Å². The second kappa shape index (κ2) is 2.62. The Morgan fingerprint density at radius 3 is 2.79 bits per heavy atom. The Balaban J connectivity index is 1.94. The first-order valence-corrected chi connectivity index (χ1v) is 6.18. The van der Waals surface area contributed by atoms with Gasteiger partial charge in [-0.15, -0.1) is 0 Å². The summed E-state index contributed by atoms with van der Waals surface area (Å²) in [4.78, 5) is 11.9. The molecule has 0 amide bonds. The highest BCUT2D eigenvalue weighted by Gasteiger charge is 2.66. The molecule has 78 valence electrons. The monoisotopic (exact) mass is 192 g/mol. The van der Waals surface area contributed by atoms with E-state index in [-0.39, 0.29) is 0 Å². The summed E-state index contributed by atoms with van der Waals surface area (Å²) in [6, 6.07) is 0. The number of hydrogen-bond donors (Lipinski definition) is 0. The average Bonchev–Trinajstić information content (AvgIpc) is 2.34. The van der Waals surface area contributed by atoms with Crippen LogP contribution < -0.4 is 0 Å². The fourth-order valence-electron chi connectivity index (χ4n) is 4.81. The van der Waals surface area contributed by atoms with Crippen molar-refractivity contribution in [2.24, 2.45) is 29.1 Å². The van der Waals surface area contributed by atoms with E-state index in [0.29, 0.717) is 23.0 Å². The van der Waals surface area contributed by atoms with Crippen molar-refractivity contribution < 1.29 is 4.79 Å². The molecule has 0 spiro atoms. The molecule has 5 atom stereocenters. The van der Waals surface area contributed by atoms with E-state index < -0.39 is 0 Å². The van der Waals surface area contributed by atoms with Gasteiger partial charge in [0.15, 0.2) is 0 Å². The van der Waals surface area contributed by atoms with E-state index in [1.54, 1.807) is 0 Å². The van der Waals surface area contributed by atoms with Gasteiger partial charge in [0.2, 0.25) is 0 Å². The summed E-state index contributed by atoms with van der Waals surface area (Å²) in [5, 5.41) is 0. The van der Waals surface area contributed by atoms with Gasteiger partial charge in [-0.2, -0.15) is 0 Å². The highest BCUT2D eigenvalue weighted by molar-refractivity contribution is 5.86. The fourth-order valence-corrected chi connectivity index (χ4v) is 4.81. The molecular weight excluding hydrogens is 172 g/mol. The molecule has 0 bridgehead atoms. The number of ketones is 1. The molecule has 14 heavy (non-hydrogen) atoms. The predicted molar refractivity (Wildman–Crippen MR) is 55.8 cm³/mol. The Bertz CT molecular complexity index is 283. The van der Waals surface area contributed by atoms with E-state index in [1.165, 1.54) is 25.7 Å². The molecule has 0 aromatic rings. The molecule has 5 unspecified atom stereocenters. The zero-order valence-corrected chi connectivity index (χ0v) is 9.25. The van der Waals surface area contributed by atoms with Gasteiger partial charge in [0.1, 0.15) is 5.78 Å². The Morgan fingerprint density at radius 2 is 2.00 bits per heavy atom. The number of Topliss-reactive ketones (excluding diaryl/α,β-unsaturated/α-hetero) is 1. The lowest BCUT2D eigenvalue weighted by atomic mass is 9.43. The molecule has 3 aliphatic rings. The number of fused-ring (bicyclic) bond motifs is 4. The average molecular weight is 192 g/mol. The third-order valence-electron chi connectivity index (χ3n) is 5.63. The highest BCUT2D eigenvalue weighted by atomic mass is 16.1. The number of hydrogen-bond acceptors (Lipinski definition) is 1. The van der Waals surface area contributed by atoms with Gasteiger partial charge in [-0.05, 0) is 36.0 Å². The van der Waals surface area contributed by atoms with Crippen molar-refractivity contribution >= 4 is 5.78 Å². The standard InChI is InChI=1S/C13H20O/c1-8-7-11(14)12-9-5-3-4-6-10(9)13(8,12)2/h8-10,12H,3-7H2,1-2H3. The lowest BCUT2D eigenvalue weighted by molar-refractivity contribution is -0.154. The molecule has 3 aliphatic carbocycles. The quantitative estimate of drug-likeness (QED) is 0.576. The smallest absolute Gasteiger partial charge is 0.137 e. The molecule has 3 rings (SSSR count). The molecular formula is C13H20O. The van der Waals surface area contributed by atoms with Gasteiger partial charge in [0, 0.05) is 12.3 Å². The molecule has 1 nitrogen and oxygen atoms in total. The summed E-state index contributed by atoms with van der Waals surface area (Å²) >= 11 is 0. The van der Waals surface area contributed by atoms with Crippen molar-refractivity contribution in [3.05, 3.63) is 0 Å². The summed E-state index contributed by atoms with van der Waals surface area (Å²) in [7, 11) is 0. The molecule has 0 saturated heterocycles. The summed E-state index contributed by atoms with van der Waals surface area (Å²) in [5.41, 5.74) is 0.405. The van der Waals surface area contributed by atoms with Crippen molar-refractivity contribution in [1.82, 2.24) is 0 Å². The van der Waals surface area contributed by atoms with Gasteiger partial charge in [0.05, 0.1) is 0 Å². The minimum Gasteiger partial charge on any atom is -0.299 e. The van der Waals surface area contributed by atoms with Crippen LogP contribution in [0, 0.1) is 29.1 Å².